The van der Waals surface area contributed by atoms with Gasteiger partial charge in [-0.25, -0.2) is 0 Å². The van der Waals surface area contributed by atoms with Gasteiger partial charge in [-0.3, -0.25) is 4.55 Å². The van der Waals surface area contributed by atoms with Gasteiger partial charge in [0.25, 0.3) is 10.1 Å². The van der Waals surface area contributed by atoms with Crippen LogP contribution < -0.4 is 0 Å². The maximum Gasteiger partial charge on any atom is 0.283 e. The first kappa shape index (κ1) is 22.0. The van der Waals surface area contributed by atoms with E-state index in [9.17, 15) is 23.2 Å². The van der Waals surface area contributed by atoms with E-state index in [1.54, 1.807) is 0 Å². The lowest BCUT2D eigenvalue weighted by atomic mass is 9.83. The Hall–Kier alpha value is -1.67. The largest absolute Gasteiger partial charge is 0.508 e. The van der Waals surface area contributed by atoms with Gasteiger partial charge in [0.2, 0.25) is 0 Å². The molecule has 1 atom stereocenters. The van der Waals surface area contributed by atoms with Crippen molar-refractivity contribution in [2.75, 3.05) is 0 Å². The van der Waals surface area contributed by atoms with Crippen LogP contribution in [0, 0.1) is 0 Å². The molecule has 0 aliphatic heterocycles. The number of rotatable bonds is 4. The number of aromatic hydroxyl groups is 2. The summed E-state index contributed by atoms with van der Waals surface area (Å²) in [7, 11) is -5.14. The Labute approximate surface area is 186 Å². The molecule has 0 aliphatic carbocycles. The van der Waals surface area contributed by atoms with E-state index in [4.69, 9.17) is 46.4 Å². The predicted octanol–water partition coefficient (Wildman–Crippen LogP) is 5.89. The highest BCUT2D eigenvalue weighted by Crippen LogP contribution is 2.53. The molecule has 0 aromatic heterocycles. The molecule has 3 aromatic rings. The Bertz CT molecular complexity index is 1210. The van der Waals surface area contributed by atoms with Crippen molar-refractivity contribution in [3.05, 3.63) is 91.4 Å². The summed E-state index contributed by atoms with van der Waals surface area (Å²) in [5.74, 6) is -0.765. The third kappa shape index (κ3) is 3.54. The highest BCUT2D eigenvalue weighted by molar-refractivity contribution is 7.87. The monoisotopic (exact) mass is 492 g/mol. The van der Waals surface area contributed by atoms with Gasteiger partial charge in [0.05, 0.1) is 15.1 Å². The second-order valence-corrected chi connectivity index (χ2v) is 9.20. The topological polar surface area (TPSA) is 94.8 Å². The maximum absolute atomic E-state index is 13.0. The van der Waals surface area contributed by atoms with Crippen LogP contribution in [0.5, 0.6) is 11.5 Å². The van der Waals surface area contributed by atoms with Crippen LogP contribution in [0.2, 0.25) is 20.1 Å². The summed E-state index contributed by atoms with van der Waals surface area (Å²) in [5.41, 5.74) is -0.647. The molecule has 0 saturated carbocycles. The molecule has 3 N–H and O–H groups in total. The minimum absolute atomic E-state index is 0.00439. The lowest BCUT2D eigenvalue weighted by molar-refractivity contribution is 0.455. The first-order valence-corrected chi connectivity index (χ1v) is 10.9. The zero-order chi connectivity index (χ0) is 21.6. The van der Waals surface area contributed by atoms with E-state index in [1.807, 2.05) is 0 Å². The van der Waals surface area contributed by atoms with Gasteiger partial charge in [0, 0.05) is 16.1 Å². The molecule has 0 fully saturated rings. The summed E-state index contributed by atoms with van der Waals surface area (Å²) < 4.78 is 34.0. The summed E-state index contributed by atoms with van der Waals surface area (Å²) in [6.07, 6.45) is 0. The molecule has 1 unspecified atom stereocenters. The molecular formula is C19H12Cl4O5S. The third-order valence-corrected chi connectivity index (χ3v) is 7.34. The molecule has 0 heterocycles. The fourth-order valence-corrected chi connectivity index (χ4v) is 5.82. The van der Waals surface area contributed by atoms with Crippen LogP contribution in [0.15, 0.2) is 54.6 Å². The second-order valence-electron chi connectivity index (χ2n) is 6.06. The molecular weight excluding hydrogens is 482 g/mol. The van der Waals surface area contributed by atoms with Gasteiger partial charge in [-0.1, -0.05) is 70.7 Å². The molecule has 5 nitrogen and oxygen atoms in total. The number of hydrogen-bond donors (Lipinski definition) is 3. The molecule has 0 aliphatic rings. The minimum Gasteiger partial charge on any atom is -0.508 e. The normalized spacial score (nSPS) is 13.8. The van der Waals surface area contributed by atoms with Crippen LogP contribution in [0.4, 0.5) is 0 Å². The molecule has 3 aromatic carbocycles. The van der Waals surface area contributed by atoms with Crippen molar-refractivity contribution >= 4 is 56.5 Å². The summed E-state index contributed by atoms with van der Waals surface area (Å²) in [5, 5.41) is 19.4. The number of phenolic OH excluding ortho intramolecular Hbond substituents is 2. The maximum atomic E-state index is 13.0. The molecule has 0 spiro atoms. The van der Waals surface area contributed by atoms with Gasteiger partial charge in [0.1, 0.15) is 11.5 Å². The van der Waals surface area contributed by atoms with Crippen molar-refractivity contribution in [3.8, 4) is 11.5 Å². The highest BCUT2D eigenvalue weighted by atomic mass is 35.5. The van der Waals surface area contributed by atoms with Crippen molar-refractivity contribution in [3.63, 3.8) is 0 Å². The Kier molecular flexibility index (Phi) is 5.98. The first-order chi connectivity index (χ1) is 13.5. The summed E-state index contributed by atoms with van der Waals surface area (Å²) >= 11 is 25.0. The lowest BCUT2D eigenvalue weighted by Crippen LogP contribution is -2.39. The molecule has 0 amide bonds. The Morgan fingerprint density at radius 2 is 1.45 bits per heavy atom. The van der Waals surface area contributed by atoms with Crippen LogP contribution >= 0.6 is 46.4 Å². The summed E-state index contributed by atoms with van der Waals surface area (Å²) in [4.78, 5) is 0. The third-order valence-electron chi connectivity index (χ3n) is 4.39. The van der Waals surface area contributed by atoms with Crippen molar-refractivity contribution in [2.45, 2.75) is 4.75 Å². The molecule has 0 bridgehead atoms. The van der Waals surface area contributed by atoms with E-state index in [2.05, 4.69) is 0 Å². The van der Waals surface area contributed by atoms with Crippen LogP contribution in [0.3, 0.4) is 0 Å². The van der Waals surface area contributed by atoms with Crippen LogP contribution in [0.1, 0.15) is 16.7 Å². The van der Waals surface area contributed by atoms with Crippen LogP contribution in [-0.4, -0.2) is 23.2 Å². The molecule has 0 saturated heterocycles. The van der Waals surface area contributed by atoms with Gasteiger partial charge in [0.15, 0.2) is 4.75 Å². The van der Waals surface area contributed by atoms with Crippen molar-refractivity contribution < 1.29 is 23.2 Å². The van der Waals surface area contributed by atoms with Gasteiger partial charge < -0.3 is 10.2 Å². The smallest absolute Gasteiger partial charge is 0.283 e. The van der Waals surface area contributed by atoms with E-state index < -0.39 is 25.6 Å². The van der Waals surface area contributed by atoms with E-state index in [0.717, 1.165) is 6.07 Å². The number of halogens is 4. The van der Waals surface area contributed by atoms with Crippen molar-refractivity contribution in [1.82, 2.24) is 0 Å². The summed E-state index contributed by atoms with van der Waals surface area (Å²) in [6.45, 7) is 0. The predicted molar refractivity (Wildman–Crippen MR) is 114 cm³/mol. The quantitative estimate of drug-likeness (QED) is 0.311. The average molecular weight is 494 g/mol. The van der Waals surface area contributed by atoms with Crippen molar-refractivity contribution in [1.29, 1.82) is 0 Å². The number of phenols is 2. The number of benzene rings is 3. The van der Waals surface area contributed by atoms with E-state index in [-0.39, 0.29) is 37.5 Å². The van der Waals surface area contributed by atoms with E-state index in [1.165, 1.54) is 48.5 Å². The fourth-order valence-electron chi connectivity index (χ4n) is 3.22. The zero-order valence-corrected chi connectivity index (χ0v) is 18.1. The van der Waals surface area contributed by atoms with Gasteiger partial charge >= 0.3 is 0 Å². The number of hydrogen-bond acceptors (Lipinski definition) is 4. The van der Waals surface area contributed by atoms with Gasteiger partial charge in [-0.05, 0) is 35.9 Å². The first-order valence-electron chi connectivity index (χ1n) is 7.90. The van der Waals surface area contributed by atoms with Crippen LogP contribution in [-0.2, 0) is 14.9 Å². The molecule has 29 heavy (non-hydrogen) atoms. The Morgan fingerprint density at radius 3 is 2.07 bits per heavy atom. The zero-order valence-electron chi connectivity index (χ0n) is 14.3. The Balaban J connectivity index is 2.68. The lowest BCUT2D eigenvalue weighted by Gasteiger charge is -2.34. The molecule has 152 valence electrons. The second kappa shape index (κ2) is 7.87. The average Bonchev–Trinajstić information content (AvgIpc) is 2.64. The molecule has 3 rings (SSSR count). The standard InChI is InChI=1S/C19H12Cl4O5S/c20-13-7-8-15(25)18(23)16(13)19(29(26,27)28,10-3-1-4-11(24)9-10)12-5-2-6-14(21)17(12)22/h1-9,24-25H,(H,26,27,28). The highest BCUT2D eigenvalue weighted by Gasteiger charge is 2.52. The summed E-state index contributed by atoms with van der Waals surface area (Å²) in [6, 6.07) is 11.7. The van der Waals surface area contributed by atoms with Gasteiger partial charge in [-0.2, -0.15) is 8.42 Å². The van der Waals surface area contributed by atoms with E-state index >= 15 is 0 Å². The van der Waals surface area contributed by atoms with E-state index in [0.29, 0.717) is 0 Å². The Morgan fingerprint density at radius 1 is 0.793 bits per heavy atom. The molecule has 0 radical (unpaired) electrons. The van der Waals surface area contributed by atoms with Crippen molar-refractivity contribution in [2.24, 2.45) is 0 Å². The SMILES string of the molecule is O=S(=O)(O)C(c1cccc(O)c1)(c1cccc(Cl)c1Cl)c1c(Cl)ccc(O)c1Cl. The molecule has 10 heteroatoms. The minimum atomic E-state index is -5.14. The fraction of sp³-hybridized carbons (Fsp3) is 0.0526. The van der Waals surface area contributed by atoms with Gasteiger partial charge in [-0.15, -0.1) is 0 Å². The van der Waals surface area contributed by atoms with Crippen LogP contribution in [0.25, 0.3) is 0 Å².